The standard InChI is InChI=1S/C10H9BrCl2N2OS/c1-2-15-8(6(12)4-14-15)9(16)7-3-5(11)10(13)17-7/h3-4,9,16H,2H2,1H3. The second-order valence-electron chi connectivity index (χ2n) is 3.37. The molecule has 0 fully saturated rings. The van der Waals surface area contributed by atoms with Crippen molar-refractivity contribution < 1.29 is 5.11 Å². The predicted molar refractivity (Wildman–Crippen MR) is 74.0 cm³/mol. The highest BCUT2D eigenvalue weighted by molar-refractivity contribution is 9.10. The molecule has 2 aromatic rings. The van der Waals surface area contributed by atoms with Crippen LogP contribution in [0.5, 0.6) is 0 Å². The van der Waals surface area contributed by atoms with Gasteiger partial charge in [-0.05, 0) is 28.9 Å². The fourth-order valence-corrected chi connectivity index (χ4v) is 3.50. The van der Waals surface area contributed by atoms with Gasteiger partial charge in [-0.1, -0.05) is 23.2 Å². The van der Waals surface area contributed by atoms with E-state index in [9.17, 15) is 5.11 Å². The van der Waals surface area contributed by atoms with Gasteiger partial charge in [0.05, 0.1) is 16.9 Å². The minimum Gasteiger partial charge on any atom is -0.381 e. The first-order chi connectivity index (χ1) is 8.04. The summed E-state index contributed by atoms with van der Waals surface area (Å²) in [5.41, 5.74) is 0.597. The molecule has 0 aliphatic heterocycles. The Bertz CT molecular complexity index is 521. The van der Waals surface area contributed by atoms with Crippen molar-refractivity contribution in [2.75, 3.05) is 0 Å². The Hall–Kier alpha value is -0.0700. The third-order valence-electron chi connectivity index (χ3n) is 2.33. The molecule has 0 aliphatic carbocycles. The van der Waals surface area contributed by atoms with Gasteiger partial charge in [0.2, 0.25) is 0 Å². The molecule has 17 heavy (non-hydrogen) atoms. The van der Waals surface area contributed by atoms with E-state index >= 15 is 0 Å². The first kappa shape index (κ1) is 13.4. The summed E-state index contributed by atoms with van der Waals surface area (Å²) in [6.07, 6.45) is 0.729. The summed E-state index contributed by atoms with van der Waals surface area (Å²) in [5.74, 6) is 0. The SMILES string of the molecule is CCn1ncc(Cl)c1C(O)c1cc(Br)c(Cl)s1. The molecule has 2 heterocycles. The fraction of sp³-hybridized carbons (Fsp3) is 0.300. The average Bonchev–Trinajstić information content (AvgIpc) is 2.82. The fourth-order valence-electron chi connectivity index (χ4n) is 1.53. The topological polar surface area (TPSA) is 38.0 Å². The summed E-state index contributed by atoms with van der Waals surface area (Å²) in [7, 11) is 0. The van der Waals surface area contributed by atoms with Crippen molar-refractivity contribution in [3.8, 4) is 0 Å². The molecule has 0 amide bonds. The number of aromatic nitrogens is 2. The van der Waals surface area contributed by atoms with Gasteiger partial charge in [-0.15, -0.1) is 11.3 Å². The molecular formula is C10H9BrCl2N2OS. The van der Waals surface area contributed by atoms with Crippen LogP contribution in [0, 0.1) is 0 Å². The van der Waals surface area contributed by atoms with Crippen LogP contribution >= 0.6 is 50.5 Å². The van der Waals surface area contributed by atoms with Gasteiger partial charge in [0.1, 0.15) is 10.4 Å². The number of aryl methyl sites for hydroxylation is 1. The maximum Gasteiger partial charge on any atom is 0.131 e. The smallest absolute Gasteiger partial charge is 0.131 e. The van der Waals surface area contributed by atoms with Gasteiger partial charge in [-0.2, -0.15) is 5.10 Å². The lowest BCUT2D eigenvalue weighted by atomic mass is 10.2. The molecule has 0 saturated heterocycles. The van der Waals surface area contributed by atoms with Crippen LogP contribution in [-0.2, 0) is 6.54 Å². The van der Waals surface area contributed by atoms with Gasteiger partial charge in [-0.3, -0.25) is 4.68 Å². The van der Waals surface area contributed by atoms with Crippen LogP contribution in [0.2, 0.25) is 9.36 Å². The van der Waals surface area contributed by atoms with Crippen molar-refractivity contribution in [3.63, 3.8) is 0 Å². The van der Waals surface area contributed by atoms with Crippen LogP contribution in [0.1, 0.15) is 23.6 Å². The Morgan fingerprint density at radius 3 is 2.82 bits per heavy atom. The van der Waals surface area contributed by atoms with E-state index in [1.807, 2.05) is 6.92 Å². The van der Waals surface area contributed by atoms with E-state index in [0.717, 1.165) is 9.35 Å². The van der Waals surface area contributed by atoms with Crippen molar-refractivity contribution in [2.45, 2.75) is 19.6 Å². The molecule has 1 atom stereocenters. The van der Waals surface area contributed by atoms with Crippen molar-refractivity contribution in [2.24, 2.45) is 0 Å². The Morgan fingerprint density at radius 2 is 2.29 bits per heavy atom. The molecule has 2 rings (SSSR count). The third-order valence-corrected chi connectivity index (χ3v) is 5.14. The van der Waals surface area contributed by atoms with E-state index in [4.69, 9.17) is 23.2 Å². The van der Waals surface area contributed by atoms with Gasteiger partial charge >= 0.3 is 0 Å². The van der Waals surface area contributed by atoms with Crippen LogP contribution in [0.15, 0.2) is 16.7 Å². The molecule has 0 spiro atoms. The number of thiophene rings is 1. The zero-order valence-corrected chi connectivity index (χ0v) is 12.7. The summed E-state index contributed by atoms with van der Waals surface area (Å²) in [6.45, 7) is 2.59. The van der Waals surface area contributed by atoms with Crippen molar-refractivity contribution in [1.82, 2.24) is 9.78 Å². The van der Waals surface area contributed by atoms with Gasteiger partial charge in [0.15, 0.2) is 0 Å². The van der Waals surface area contributed by atoms with Crippen LogP contribution in [0.4, 0.5) is 0 Å². The molecular weight excluding hydrogens is 347 g/mol. The Kier molecular flexibility index (Phi) is 4.15. The van der Waals surface area contributed by atoms with Crippen LogP contribution < -0.4 is 0 Å². The molecule has 1 unspecified atom stereocenters. The van der Waals surface area contributed by atoms with Crippen LogP contribution in [0.25, 0.3) is 0 Å². The number of aliphatic hydroxyl groups is 1. The molecule has 0 aromatic carbocycles. The highest BCUT2D eigenvalue weighted by atomic mass is 79.9. The van der Waals surface area contributed by atoms with Gasteiger partial charge in [0.25, 0.3) is 0 Å². The summed E-state index contributed by atoms with van der Waals surface area (Å²) in [5, 5.41) is 14.8. The third kappa shape index (κ3) is 2.53. The second kappa shape index (κ2) is 5.28. The summed E-state index contributed by atoms with van der Waals surface area (Å²) in [4.78, 5) is 0.735. The Morgan fingerprint density at radius 1 is 1.59 bits per heavy atom. The molecule has 2 aromatic heterocycles. The lowest BCUT2D eigenvalue weighted by molar-refractivity contribution is 0.212. The van der Waals surface area contributed by atoms with E-state index in [-0.39, 0.29) is 0 Å². The molecule has 92 valence electrons. The lowest BCUT2D eigenvalue weighted by Gasteiger charge is -2.11. The molecule has 0 aliphatic rings. The average molecular weight is 356 g/mol. The predicted octanol–water partition coefficient (Wildman–Crippen LogP) is 4.12. The summed E-state index contributed by atoms with van der Waals surface area (Å²) < 4.78 is 3.06. The van der Waals surface area contributed by atoms with E-state index in [1.54, 1.807) is 10.7 Å². The molecule has 0 saturated carbocycles. The van der Waals surface area contributed by atoms with E-state index in [1.165, 1.54) is 17.5 Å². The number of hydrogen-bond acceptors (Lipinski definition) is 3. The Balaban J connectivity index is 2.42. The monoisotopic (exact) mass is 354 g/mol. The molecule has 7 heteroatoms. The first-order valence-corrected chi connectivity index (χ1v) is 7.25. The Labute approximate surface area is 121 Å². The minimum atomic E-state index is -0.807. The van der Waals surface area contributed by atoms with Crippen molar-refractivity contribution >= 4 is 50.5 Å². The first-order valence-electron chi connectivity index (χ1n) is 4.88. The van der Waals surface area contributed by atoms with E-state index < -0.39 is 6.10 Å². The largest absolute Gasteiger partial charge is 0.381 e. The lowest BCUT2D eigenvalue weighted by Crippen LogP contribution is -2.08. The van der Waals surface area contributed by atoms with E-state index in [0.29, 0.717) is 21.6 Å². The number of halogens is 3. The van der Waals surface area contributed by atoms with Gasteiger partial charge in [-0.25, -0.2) is 0 Å². The maximum absolute atomic E-state index is 10.3. The van der Waals surface area contributed by atoms with Gasteiger partial charge < -0.3 is 5.11 Å². The summed E-state index contributed by atoms with van der Waals surface area (Å²) >= 11 is 16.6. The molecule has 3 nitrogen and oxygen atoms in total. The molecule has 1 N–H and O–H groups in total. The molecule has 0 radical (unpaired) electrons. The normalized spacial score (nSPS) is 13.0. The summed E-state index contributed by atoms with van der Waals surface area (Å²) in [6, 6.07) is 1.79. The number of nitrogens with zero attached hydrogens (tertiary/aromatic N) is 2. The zero-order valence-electron chi connectivity index (χ0n) is 8.82. The zero-order chi connectivity index (χ0) is 12.6. The van der Waals surface area contributed by atoms with Crippen LogP contribution in [0.3, 0.4) is 0 Å². The van der Waals surface area contributed by atoms with Crippen molar-refractivity contribution in [3.05, 3.63) is 36.7 Å². The van der Waals surface area contributed by atoms with E-state index in [2.05, 4.69) is 21.0 Å². The number of aliphatic hydroxyl groups excluding tert-OH is 1. The highest BCUT2D eigenvalue weighted by Crippen LogP contribution is 2.38. The second-order valence-corrected chi connectivity index (χ2v) is 6.31. The minimum absolute atomic E-state index is 0.458. The number of hydrogen-bond donors (Lipinski definition) is 1. The highest BCUT2D eigenvalue weighted by Gasteiger charge is 2.22. The number of rotatable bonds is 3. The maximum atomic E-state index is 10.3. The van der Waals surface area contributed by atoms with Gasteiger partial charge in [0, 0.05) is 15.9 Å². The van der Waals surface area contributed by atoms with Crippen molar-refractivity contribution in [1.29, 1.82) is 0 Å². The quantitative estimate of drug-likeness (QED) is 0.899. The van der Waals surface area contributed by atoms with Crippen LogP contribution in [-0.4, -0.2) is 14.9 Å². The molecule has 0 bridgehead atoms.